The van der Waals surface area contributed by atoms with Gasteiger partial charge in [-0.05, 0) is 60.0 Å². The zero-order valence-electron chi connectivity index (χ0n) is 20.2. The van der Waals surface area contributed by atoms with E-state index in [0.717, 1.165) is 46.4 Å². The summed E-state index contributed by atoms with van der Waals surface area (Å²) in [5.74, 6) is 1.62. The van der Waals surface area contributed by atoms with E-state index in [0.29, 0.717) is 32.3 Å². The number of fused-ring (bicyclic) bond motifs is 1. The Kier molecular flexibility index (Phi) is 7.18. The molecule has 1 fully saturated rings. The fourth-order valence-electron chi connectivity index (χ4n) is 4.98. The maximum Gasteiger partial charge on any atom is 0.252 e. The number of tetrazole rings is 1. The fourth-order valence-corrected chi connectivity index (χ4v) is 4.98. The molecule has 2 heterocycles. The first-order valence-corrected chi connectivity index (χ1v) is 12.5. The van der Waals surface area contributed by atoms with Gasteiger partial charge in [0.2, 0.25) is 0 Å². The molecule has 8 nitrogen and oxygen atoms in total. The smallest absolute Gasteiger partial charge is 0.252 e. The molecule has 1 aliphatic rings. The number of hydrogen-bond acceptors (Lipinski definition) is 6. The van der Waals surface area contributed by atoms with Crippen LogP contribution in [0.4, 0.5) is 0 Å². The molecule has 35 heavy (non-hydrogen) atoms. The van der Waals surface area contributed by atoms with Gasteiger partial charge in [0.1, 0.15) is 5.75 Å². The first kappa shape index (κ1) is 23.2. The maximum absolute atomic E-state index is 13.0. The monoisotopic (exact) mass is 472 g/mol. The van der Waals surface area contributed by atoms with E-state index in [9.17, 15) is 4.79 Å². The molecule has 0 saturated heterocycles. The molecule has 2 aromatic carbocycles. The summed E-state index contributed by atoms with van der Waals surface area (Å²) >= 11 is 0. The lowest BCUT2D eigenvalue weighted by Gasteiger charge is -2.33. The number of rotatable bonds is 9. The van der Waals surface area contributed by atoms with Crippen molar-refractivity contribution in [1.29, 1.82) is 0 Å². The van der Waals surface area contributed by atoms with Crippen LogP contribution in [0.2, 0.25) is 0 Å². The van der Waals surface area contributed by atoms with Gasteiger partial charge in [-0.2, -0.15) is 0 Å². The van der Waals surface area contributed by atoms with Crippen LogP contribution in [-0.4, -0.2) is 42.7 Å². The molecular weight excluding hydrogens is 440 g/mol. The number of ether oxygens (including phenoxy) is 1. The number of nitrogens with zero attached hydrogens (tertiary/aromatic N) is 5. The number of nitrogens with one attached hydrogen (secondary N) is 1. The highest BCUT2D eigenvalue weighted by molar-refractivity contribution is 5.80. The van der Waals surface area contributed by atoms with Crippen molar-refractivity contribution in [3.8, 4) is 5.75 Å². The van der Waals surface area contributed by atoms with Gasteiger partial charge < -0.3 is 9.72 Å². The van der Waals surface area contributed by atoms with Crippen molar-refractivity contribution in [2.75, 3.05) is 6.61 Å². The third-order valence-electron chi connectivity index (χ3n) is 6.79. The predicted molar refractivity (Wildman–Crippen MR) is 135 cm³/mol. The molecule has 0 unspecified atom stereocenters. The van der Waals surface area contributed by atoms with Crippen LogP contribution >= 0.6 is 0 Å². The van der Waals surface area contributed by atoms with Gasteiger partial charge >= 0.3 is 0 Å². The highest BCUT2D eigenvalue weighted by atomic mass is 16.5. The zero-order chi connectivity index (χ0) is 24.0. The molecule has 0 radical (unpaired) electrons. The predicted octanol–water partition coefficient (Wildman–Crippen LogP) is 4.30. The van der Waals surface area contributed by atoms with E-state index in [-0.39, 0.29) is 5.56 Å². The Labute approximate surface area is 204 Å². The van der Waals surface area contributed by atoms with Gasteiger partial charge in [-0.25, -0.2) is 4.68 Å². The molecule has 0 amide bonds. The standard InChI is InChI=1S/C27H32N6O2/c1-2-35-24-13-14-25-21(16-24)15-22(27(34)28-25)18-32(23-11-7-4-8-12-23)19-26-29-30-31-33(26)17-20-9-5-3-6-10-20/h3,5-6,9-10,13-16,23H,2,4,7-8,11-12,17-19H2,1H3,(H,28,34). The molecular formula is C27H32N6O2. The first-order chi connectivity index (χ1) is 17.2. The Morgan fingerprint density at radius 2 is 1.89 bits per heavy atom. The minimum absolute atomic E-state index is 0.0497. The summed E-state index contributed by atoms with van der Waals surface area (Å²) in [6.45, 7) is 4.34. The number of aromatic amines is 1. The highest BCUT2D eigenvalue weighted by Gasteiger charge is 2.24. The van der Waals surface area contributed by atoms with Crippen LogP contribution in [-0.2, 0) is 19.6 Å². The Morgan fingerprint density at radius 1 is 1.06 bits per heavy atom. The summed E-state index contributed by atoms with van der Waals surface area (Å²) in [6, 6.07) is 18.4. The lowest BCUT2D eigenvalue weighted by Crippen LogP contribution is -2.38. The van der Waals surface area contributed by atoms with Gasteiger partial charge in [0.25, 0.3) is 5.56 Å². The third-order valence-corrected chi connectivity index (χ3v) is 6.79. The quantitative estimate of drug-likeness (QED) is 0.391. The Morgan fingerprint density at radius 3 is 2.69 bits per heavy atom. The van der Waals surface area contributed by atoms with E-state index in [1.807, 2.05) is 54.1 Å². The molecule has 1 saturated carbocycles. The third kappa shape index (κ3) is 5.59. The van der Waals surface area contributed by atoms with Gasteiger partial charge in [-0.3, -0.25) is 9.69 Å². The molecule has 4 aromatic rings. The van der Waals surface area contributed by atoms with Crippen LogP contribution in [0, 0.1) is 0 Å². The van der Waals surface area contributed by atoms with Crippen molar-refractivity contribution in [2.24, 2.45) is 0 Å². The first-order valence-electron chi connectivity index (χ1n) is 12.5. The molecule has 5 rings (SSSR count). The molecule has 0 aliphatic heterocycles. The fraction of sp³-hybridized carbons (Fsp3) is 0.407. The van der Waals surface area contributed by atoms with Crippen LogP contribution in [0.15, 0.2) is 59.4 Å². The zero-order valence-corrected chi connectivity index (χ0v) is 20.2. The van der Waals surface area contributed by atoms with Crippen molar-refractivity contribution >= 4 is 10.9 Å². The normalized spacial score (nSPS) is 14.6. The van der Waals surface area contributed by atoms with Crippen LogP contribution in [0.3, 0.4) is 0 Å². The number of hydrogen-bond donors (Lipinski definition) is 1. The van der Waals surface area contributed by atoms with Crippen molar-refractivity contribution in [3.05, 3.63) is 81.9 Å². The van der Waals surface area contributed by atoms with Gasteiger partial charge in [-0.1, -0.05) is 49.6 Å². The van der Waals surface area contributed by atoms with Crippen molar-refractivity contribution in [2.45, 2.75) is 64.7 Å². The summed E-state index contributed by atoms with van der Waals surface area (Å²) in [5.41, 5.74) is 2.67. The maximum atomic E-state index is 13.0. The lowest BCUT2D eigenvalue weighted by atomic mass is 9.93. The number of H-pyrrole nitrogens is 1. The van der Waals surface area contributed by atoms with Gasteiger partial charge in [-0.15, -0.1) is 5.10 Å². The van der Waals surface area contributed by atoms with Gasteiger partial charge in [0.05, 0.1) is 19.7 Å². The van der Waals surface area contributed by atoms with E-state index >= 15 is 0 Å². The highest BCUT2D eigenvalue weighted by Crippen LogP contribution is 2.26. The summed E-state index contributed by atoms with van der Waals surface area (Å²) in [7, 11) is 0. The second-order valence-electron chi connectivity index (χ2n) is 9.24. The number of aromatic nitrogens is 5. The van der Waals surface area contributed by atoms with E-state index < -0.39 is 0 Å². The molecule has 8 heteroatoms. The van der Waals surface area contributed by atoms with E-state index in [1.54, 1.807) is 0 Å². The molecule has 2 aromatic heterocycles. The number of benzene rings is 2. The van der Waals surface area contributed by atoms with Crippen molar-refractivity contribution in [1.82, 2.24) is 30.1 Å². The van der Waals surface area contributed by atoms with E-state index in [1.165, 1.54) is 19.3 Å². The average molecular weight is 473 g/mol. The second-order valence-corrected chi connectivity index (χ2v) is 9.24. The van der Waals surface area contributed by atoms with Crippen molar-refractivity contribution < 1.29 is 4.74 Å². The molecule has 1 aliphatic carbocycles. The summed E-state index contributed by atoms with van der Waals surface area (Å²) < 4.78 is 7.53. The summed E-state index contributed by atoms with van der Waals surface area (Å²) in [4.78, 5) is 18.5. The topological polar surface area (TPSA) is 88.9 Å². The molecule has 182 valence electrons. The molecule has 1 N–H and O–H groups in total. The van der Waals surface area contributed by atoms with E-state index in [2.05, 4.69) is 37.5 Å². The number of pyridine rings is 1. The summed E-state index contributed by atoms with van der Waals surface area (Å²) in [6.07, 6.45) is 5.94. The van der Waals surface area contributed by atoms with Gasteiger partial charge in [0, 0.05) is 29.1 Å². The Balaban J connectivity index is 1.42. The molecule has 0 atom stereocenters. The van der Waals surface area contributed by atoms with Crippen molar-refractivity contribution in [3.63, 3.8) is 0 Å². The summed E-state index contributed by atoms with van der Waals surface area (Å²) in [5, 5.41) is 13.5. The van der Waals surface area contributed by atoms with Crippen LogP contribution in [0.5, 0.6) is 5.75 Å². The van der Waals surface area contributed by atoms with Crippen LogP contribution in [0.1, 0.15) is 56.0 Å². The molecule has 0 bridgehead atoms. The minimum Gasteiger partial charge on any atom is -0.494 e. The minimum atomic E-state index is -0.0497. The molecule has 0 spiro atoms. The lowest BCUT2D eigenvalue weighted by molar-refractivity contribution is 0.134. The Bertz CT molecular complexity index is 1310. The largest absolute Gasteiger partial charge is 0.494 e. The SMILES string of the molecule is CCOc1ccc2[nH]c(=O)c(CN(Cc3nnnn3Cc3ccccc3)C3CCCCC3)cc2c1. The van der Waals surface area contributed by atoms with Gasteiger partial charge in [0.15, 0.2) is 5.82 Å². The second kappa shape index (κ2) is 10.8. The average Bonchev–Trinajstić information content (AvgIpc) is 3.32. The van der Waals surface area contributed by atoms with Crippen LogP contribution in [0.25, 0.3) is 10.9 Å². The van der Waals surface area contributed by atoms with Crippen LogP contribution < -0.4 is 10.3 Å². The Hall–Kier alpha value is -3.52. The van der Waals surface area contributed by atoms with E-state index in [4.69, 9.17) is 4.74 Å².